The zero-order valence-electron chi connectivity index (χ0n) is 9.89. The normalized spacial score (nSPS) is 27.8. The van der Waals surface area contributed by atoms with Crippen LogP contribution in [0.4, 0.5) is 0 Å². The van der Waals surface area contributed by atoms with E-state index in [-0.39, 0.29) is 6.10 Å². The number of hydrogen-bond donors (Lipinski definition) is 1. The minimum Gasteiger partial charge on any atom is -0.487 e. The molecule has 88 valence electrons. The van der Waals surface area contributed by atoms with E-state index in [2.05, 4.69) is 18.2 Å². The van der Waals surface area contributed by atoms with Gasteiger partial charge in [-0.3, -0.25) is 0 Å². The zero-order chi connectivity index (χ0) is 11.9. The number of hydrogen-bond acceptors (Lipinski definition) is 2. The van der Waals surface area contributed by atoms with Crippen molar-refractivity contribution >= 4 is 10.8 Å². The maximum atomic E-state index is 9.92. The average Bonchev–Trinajstić information content (AvgIpc) is 2.34. The molecule has 0 amide bonds. The van der Waals surface area contributed by atoms with Gasteiger partial charge in [-0.15, -0.1) is 0 Å². The Morgan fingerprint density at radius 2 is 1.94 bits per heavy atom. The third-order valence-corrected chi connectivity index (χ3v) is 3.61. The van der Waals surface area contributed by atoms with E-state index in [4.69, 9.17) is 4.74 Å². The molecule has 1 N–H and O–H groups in total. The molecule has 0 aliphatic heterocycles. The Morgan fingerprint density at radius 3 is 2.59 bits per heavy atom. The van der Waals surface area contributed by atoms with Crippen molar-refractivity contribution in [3.05, 3.63) is 42.5 Å². The molecule has 2 aromatic carbocycles. The van der Waals surface area contributed by atoms with Crippen LogP contribution in [-0.4, -0.2) is 16.8 Å². The second kappa shape index (κ2) is 3.74. The number of aliphatic hydroxyl groups is 1. The molecule has 0 aromatic heterocycles. The fourth-order valence-electron chi connectivity index (χ4n) is 2.27. The van der Waals surface area contributed by atoms with Gasteiger partial charge >= 0.3 is 0 Å². The molecule has 1 aliphatic carbocycles. The summed E-state index contributed by atoms with van der Waals surface area (Å²) in [6.07, 6.45) is 1.69. The molecule has 2 nitrogen and oxygen atoms in total. The smallest absolute Gasteiger partial charge is 0.127 e. The first-order valence-corrected chi connectivity index (χ1v) is 6.03. The maximum absolute atomic E-state index is 9.92. The number of benzene rings is 2. The summed E-state index contributed by atoms with van der Waals surface area (Å²) >= 11 is 0. The van der Waals surface area contributed by atoms with Gasteiger partial charge in [-0.1, -0.05) is 30.3 Å². The van der Waals surface area contributed by atoms with Crippen molar-refractivity contribution in [1.29, 1.82) is 0 Å². The molecular weight excluding hydrogens is 212 g/mol. The fraction of sp³-hybridized carbons (Fsp3) is 0.333. The van der Waals surface area contributed by atoms with Crippen LogP contribution in [0.3, 0.4) is 0 Å². The largest absolute Gasteiger partial charge is 0.487 e. The molecule has 0 saturated heterocycles. The van der Waals surface area contributed by atoms with E-state index in [0.29, 0.717) is 0 Å². The molecule has 0 radical (unpaired) electrons. The minimum absolute atomic E-state index is 0.0661. The highest BCUT2D eigenvalue weighted by Gasteiger charge is 2.42. The second-order valence-corrected chi connectivity index (χ2v) is 5.01. The van der Waals surface area contributed by atoms with Gasteiger partial charge in [0.05, 0.1) is 5.60 Å². The highest BCUT2D eigenvalue weighted by Crippen LogP contribution is 2.35. The molecule has 1 fully saturated rings. The van der Waals surface area contributed by atoms with Crippen molar-refractivity contribution in [2.75, 3.05) is 0 Å². The van der Waals surface area contributed by atoms with Gasteiger partial charge < -0.3 is 9.84 Å². The summed E-state index contributed by atoms with van der Waals surface area (Å²) in [5.41, 5.74) is -0.661. The van der Waals surface area contributed by atoms with E-state index >= 15 is 0 Å². The monoisotopic (exact) mass is 228 g/mol. The van der Waals surface area contributed by atoms with Gasteiger partial charge in [-0.25, -0.2) is 0 Å². The molecule has 1 saturated carbocycles. The topological polar surface area (TPSA) is 29.5 Å². The SMILES string of the molecule is C[C@]1(O)CC[C@@H]1Oc1ccc2ccccc2c1. The van der Waals surface area contributed by atoms with Gasteiger partial charge in [0.25, 0.3) is 0 Å². The maximum Gasteiger partial charge on any atom is 0.127 e. The van der Waals surface area contributed by atoms with Gasteiger partial charge in [0.1, 0.15) is 11.9 Å². The third kappa shape index (κ3) is 1.89. The van der Waals surface area contributed by atoms with Crippen molar-refractivity contribution in [2.24, 2.45) is 0 Å². The summed E-state index contributed by atoms with van der Waals surface area (Å²) in [7, 11) is 0. The van der Waals surface area contributed by atoms with E-state index in [1.807, 2.05) is 31.2 Å². The molecule has 0 bridgehead atoms. The van der Waals surface area contributed by atoms with E-state index < -0.39 is 5.60 Å². The lowest BCUT2D eigenvalue weighted by Crippen LogP contribution is -2.52. The number of ether oxygens (including phenoxy) is 1. The highest BCUT2D eigenvalue weighted by molar-refractivity contribution is 5.83. The van der Waals surface area contributed by atoms with Crippen LogP contribution in [-0.2, 0) is 0 Å². The summed E-state index contributed by atoms with van der Waals surface area (Å²) in [5, 5.41) is 12.3. The van der Waals surface area contributed by atoms with Crippen LogP contribution < -0.4 is 4.74 Å². The molecule has 0 heterocycles. The number of fused-ring (bicyclic) bond motifs is 1. The Bertz CT molecular complexity index is 545. The van der Waals surface area contributed by atoms with E-state index in [1.165, 1.54) is 10.8 Å². The highest BCUT2D eigenvalue weighted by atomic mass is 16.5. The van der Waals surface area contributed by atoms with Crippen LogP contribution in [0.1, 0.15) is 19.8 Å². The first kappa shape index (κ1) is 10.6. The van der Waals surface area contributed by atoms with Crippen molar-refractivity contribution < 1.29 is 9.84 Å². The molecule has 2 heteroatoms. The summed E-state index contributed by atoms with van der Waals surface area (Å²) < 4.78 is 5.82. The minimum atomic E-state index is -0.661. The van der Waals surface area contributed by atoms with Crippen LogP contribution in [0.15, 0.2) is 42.5 Å². The van der Waals surface area contributed by atoms with Crippen molar-refractivity contribution in [2.45, 2.75) is 31.5 Å². The van der Waals surface area contributed by atoms with Gasteiger partial charge in [0, 0.05) is 0 Å². The quantitative estimate of drug-likeness (QED) is 0.855. The lowest BCUT2D eigenvalue weighted by Gasteiger charge is -2.42. The Morgan fingerprint density at radius 1 is 1.18 bits per heavy atom. The molecule has 0 unspecified atom stereocenters. The summed E-state index contributed by atoms with van der Waals surface area (Å²) in [5.74, 6) is 0.841. The first-order chi connectivity index (χ1) is 8.15. The average molecular weight is 228 g/mol. The summed E-state index contributed by atoms with van der Waals surface area (Å²) in [4.78, 5) is 0. The summed E-state index contributed by atoms with van der Waals surface area (Å²) in [6.45, 7) is 1.84. The molecule has 2 aromatic rings. The van der Waals surface area contributed by atoms with E-state index in [9.17, 15) is 5.11 Å². The number of rotatable bonds is 2. The standard InChI is InChI=1S/C15H16O2/c1-15(16)9-8-14(15)17-13-7-6-11-4-2-3-5-12(11)10-13/h2-7,10,14,16H,8-9H2,1H3/t14-,15-/m0/s1. The molecule has 1 aliphatic rings. The van der Waals surface area contributed by atoms with Crippen molar-refractivity contribution in [3.63, 3.8) is 0 Å². The first-order valence-electron chi connectivity index (χ1n) is 6.03. The molecule has 17 heavy (non-hydrogen) atoms. The van der Waals surface area contributed by atoms with Crippen LogP contribution in [0, 0.1) is 0 Å². The lowest BCUT2D eigenvalue weighted by atomic mass is 9.78. The molecule has 0 spiro atoms. The summed E-state index contributed by atoms with van der Waals surface area (Å²) in [6, 6.07) is 14.3. The Hall–Kier alpha value is -1.54. The molecule has 2 atom stereocenters. The van der Waals surface area contributed by atoms with Crippen molar-refractivity contribution in [3.8, 4) is 5.75 Å². The fourth-order valence-corrected chi connectivity index (χ4v) is 2.27. The van der Waals surface area contributed by atoms with Gasteiger partial charge in [0.2, 0.25) is 0 Å². The van der Waals surface area contributed by atoms with Gasteiger partial charge in [-0.05, 0) is 42.7 Å². The van der Waals surface area contributed by atoms with Gasteiger partial charge in [0.15, 0.2) is 0 Å². The van der Waals surface area contributed by atoms with Crippen LogP contribution >= 0.6 is 0 Å². The van der Waals surface area contributed by atoms with Crippen LogP contribution in [0.2, 0.25) is 0 Å². The van der Waals surface area contributed by atoms with E-state index in [0.717, 1.165) is 18.6 Å². The second-order valence-electron chi connectivity index (χ2n) is 5.01. The Kier molecular flexibility index (Phi) is 2.33. The van der Waals surface area contributed by atoms with Gasteiger partial charge in [-0.2, -0.15) is 0 Å². The lowest BCUT2D eigenvalue weighted by molar-refractivity contribution is -0.118. The van der Waals surface area contributed by atoms with E-state index in [1.54, 1.807) is 0 Å². The Balaban J connectivity index is 1.86. The third-order valence-electron chi connectivity index (χ3n) is 3.61. The predicted octanol–water partition coefficient (Wildman–Crippen LogP) is 3.13. The van der Waals surface area contributed by atoms with Crippen LogP contribution in [0.5, 0.6) is 5.75 Å². The Labute approximate surface area is 101 Å². The molecule has 3 rings (SSSR count). The molecular formula is C15H16O2. The predicted molar refractivity (Wildman–Crippen MR) is 68.2 cm³/mol. The zero-order valence-corrected chi connectivity index (χ0v) is 9.89. The van der Waals surface area contributed by atoms with Crippen molar-refractivity contribution in [1.82, 2.24) is 0 Å². The van der Waals surface area contributed by atoms with Crippen LogP contribution in [0.25, 0.3) is 10.8 Å².